The fourth-order valence-corrected chi connectivity index (χ4v) is 5.72. The number of esters is 1. The molecule has 4 N–H and O–H groups in total. The summed E-state index contributed by atoms with van der Waals surface area (Å²) in [6, 6.07) is 6.93. The van der Waals surface area contributed by atoms with Crippen molar-refractivity contribution in [2.45, 2.75) is 57.0 Å². The van der Waals surface area contributed by atoms with Gasteiger partial charge in [-0.25, -0.2) is 13.9 Å². The molecule has 0 saturated carbocycles. The molecule has 2 aromatic heterocycles. The van der Waals surface area contributed by atoms with E-state index in [-0.39, 0.29) is 17.3 Å². The van der Waals surface area contributed by atoms with Gasteiger partial charge in [-0.1, -0.05) is 24.1 Å². The number of nitrogens with one attached hydrogen (secondary N) is 1. The Labute approximate surface area is 241 Å². The molecule has 0 radical (unpaired) electrons. The summed E-state index contributed by atoms with van der Waals surface area (Å²) in [6.07, 6.45) is 1.36. The van der Waals surface area contributed by atoms with Crippen molar-refractivity contribution in [2.24, 2.45) is 0 Å². The van der Waals surface area contributed by atoms with E-state index in [2.05, 4.69) is 20.0 Å². The quantitative estimate of drug-likeness (QED) is 0.165. The van der Waals surface area contributed by atoms with Gasteiger partial charge in [-0.3, -0.25) is 13.9 Å². The second-order valence-corrected chi connectivity index (χ2v) is 11.7. The summed E-state index contributed by atoms with van der Waals surface area (Å²) in [5.74, 6) is 1.69. The summed E-state index contributed by atoms with van der Waals surface area (Å²) < 4.78 is 53.4. The third-order valence-electron chi connectivity index (χ3n) is 6.20. The number of nitrogens with two attached hydrogens (primary N) is 1. The normalized spacial score (nSPS) is 24.2. The zero-order valence-electron chi connectivity index (χ0n) is 23.7. The van der Waals surface area contributed by atoms with Crippen molar-refractivity contribution in [3.63, 3.8) is 0 Å². The summed E-state index contributed by atoms with van der Waals surface area (Å²) in [5, 5.41) is 13.5. The van der Waals surface area contributed by atoms with E-state index in [1.54, 1.807) is 51.0 Å². The number of terminal acetylenes is 1. The maximum atomic E-state index is 16.2. The lowest BCUT2D eigenvalue weighted by molar-refractivity contribution is -0.149. The number of fused-ring (bicyclic) bond motifs is 1. The van der Waals surface area contributed by atoms with Crippen LogP contribution in [-0.4, -0.2) is 81.3 Å². The third-order valence-corrected chi connectivity index (χ3v) is 7.84. The number of rotatable bonds is 11. The first-order chi connectivity index (χ1) is 19.8. The lowest BCUT2D eigenvalue weighted by Crippen LogP contribution is -2.42. The zero-order valence-corrected chi connectivity index (χ0v) is 24.6. The van der Waals surface area contributed by atoms with Crippen LogP contribution in [0, 0.1) is 12.3 Å². The molecule has 14 nitrogen and oxygen atoms in total. The van der Waals surface area contributed by atoms with Crippen LogP contribution in [0.5, 0.6) is 5.75 Å². The average Bonchev–Trinajstić information content (AvgIpc) is 3.45. The number of hydrogen-bond donors (Lipinski definition) is 3. The van der Waals surface area contributed by atoms with Gasteiger partial charge in [0.25, 0.3) is 0 Å². The molecule has 1 aromatic carbocycles. The minimum atomic E-state index is -4.34. The minimum Gasteiger partial charge on any atom is -0.462 e. The molecule has 1 fully saturated rings. The van der Waals surface area contributed by atoms with Crippen molar-refractivity contribution in [1.82, 2.24) is 24.6 Å². The monoisotopic (exact) mass is 605 g/mol. The topological polar surface area (TPSA) is 176 Å². The van der Waals surface area contributed by atoms with Gasteiger partial charge in [-0.2, -0.15) is 15.1 Å². The van der Waals surface area contributed by atoms with Crippen molar-refractivity contribution >= 4 is 36.6 Å². The lowest BCUT2D eigenvalue weighted by atomic mass is 9.97. The number of aliphatic hydroxyl groups excluding tert-OH is 1. The number of imidazole rings is 1. The summed E-state index contributed by atoms with van der Waals surface area (Å²) in [6.45, 7) is 4.09. The number of carbonyl (C=O) groups excluding carboxylic acids is 1. The van der Waals surface area contributed by atoms with Gasteiger partial charge in [0.05, 0.1) is 19.0 Å². The van der Waals surface area contributed by atoms with Crippen LogP contribution in [0.2, 0.25) is 0 Å². The molecule has 2 unspecified atom stereocenters. The standard InChI is InChI=1S/C26H33FN7O7P/c1-7-26(27)20(35)18(40-24(26)34-14-29-19-21(33(5)6)30-25(28)31-22(19)34)13-38-42(37,41-17-11-9-8-10-12-17)32-16(4)23(36)39-15(2)3/h1,8-12,14-16,18,20,24,35H,13H2,2-6H3,(H,32,37)(H2,28,30,31)/t16-,18?,20+,24+,26+,42?/m0/s1. The van der Waals surface area contributed by atoms with Gasteiger partial charge in [0.2, 0.25) is 11.6 Å². The van der Waals surface area contributed by atoms with Crippen molar-refractivity contribution in [2.75, 3.05) is 31.3 Å². The molecule has 3 heterocycles. The van der Waals surface area contributed by atoms with Gasteiger partial charge in [-0.05, 0) is 32.9 Å². The second-order valence-electron chi connectivity index (χ2n) is 10.0. The minimum absolute atomic E-state index is 0.105. The first-order valence-corrected chi connectivity index (χ1v) is 14.5. The molecule has 0 amide bonds. The SMILES string of the molecule is C#C[C@@]1(F)[C@H](O)C(COP(=O)(N[C@@H](C)C(=O)OC(C)C)Oc2ccccc2)O[C@H]1n1cnc2c(N(C)C)nc(N)nc21. The number of alkyl halides is 1. The Kier molecular flexibility index (Phi) is 9.05. The van der Waals surface area contributed by atoms with Crippen LogP contribution in [0.1, 0.15) is 27.0 Å². The van der Waals surface area contributed by atoms with Crippen molar-refractivity contribution in [3.05, 3.63) is 36.7 Å². The van der Waals surface area contributed by atoms with E-state index in [4.69, 9.17) is 30.7 Å². The number of carbonyl (C=O) groups is 1. The first-order valence-electron chi connectivity index (χ1n) is 12.9. The van der Waals surface area contributed by atoms with Crippen LogP contribution in [0.4, 0.5) is 16.2 Å². The van der Waals surface area contributed by atoms with Crippen LogP contribution in [0.3, 0.4) is 0 Å². The van der Waals surface area contributed by atoms with E-state index >= 15 is 4.39 Å². The number of aliphatic hydroxyl groups is 1. The van der Waals surface area contributed by atoms with Gasteiger partial charge in [0.15, 0.2) is 23.2 Å². The Morgan fingerprint density at radius 2 is 2.02 bits per heavy atom. The summed E-state index contributed by atoms with van der Waals surface area (Å²) in [7, 11) is -0.905. The highest BCUT2D eigenvalue weighted by Gasteiger charge is 2.58. The predicted octanol–water partition coefficient (Wildman–Crippen LogP) is 2.21. The molecule has 42 heavy (non-hydrogen) atoms. The summed E-state index contributed by atoms with van der Waals surface area (Å²) >= 11 is 0. The van der Waals surface area contributed by atoms with Gasteiger partial charge in [0, 0.05) is 14.1 Å². The van der Waals surface area contributed by atoms with Crippen LogP contribution in [0.25, 0.3) is 11.2 Å². The molecule has 3 aromatic rings. The molecule has 226 valence electrons. The highest BCUT2D eigenvalue weighted by Crippen LogP contribution is 2.48. The molecule has 1 aliphatic rings. The van der Waals surface area contributed by atoms with Crippen molar-refractivity contribution < 1.29 is 37.4 Å². The van der Waals surface area contributed by atoms with Crippen LogP contribution >= 0.6 is 7.75 Å². The Morgan fingerprint density at radius 3 is 2.64 bits per heavy atom. The largest absolute Gasteiger partial charge is 0.462 e. The molecule has 6 atom stereocenters. The fraction of sp³-hybridized carbons (Fsp3) is 0.462. The third kappa shape index (κ3) is 6.33. The van der Waals surface area contributed by atoms with Crippen LogP contribution in [0.15, 0.2) is 36.7 Å². The van der Waals surface area contributed by atoms with Crippen LogP contribution < -0.4 is 20.2 Å². The number of hydrogen-bond acceptors (Lipinski definition) is 12. The molecule has 16 heteroatoms. The predicted molar refractivity (Wildman–Crippen MR) is 151 cm³/mol. The van der Waals surface area contributed by atoms with E-state index in [1.807, 2.05) is 5.92 Å². The Hall–Kier alpha value is -3.80. The molecular formula is C26H33FN7O7P. The molecular weight excluding hydrogens is 572 g/mol. The average molecular weight is 606 g/mol. The van der Waals surface area contributed by atoms with Crippen molar-refractivity contribution in [1.29, 1.82) is 0 Å². The Bertz CT molecular complexity index is 1520. The number of ether oxygens (including phenoxy) is 2. The second kappa shape index (κ2) is 12.2. The number of halogens is 1. The molecule has 1 saturated heterocycles. The van der Waals surface area contributed by atoms with Crippen molar-refractivity contribution in [3.8, 4) is 18.1 Å². The smallest absolute Gasteiger partial charge is 0.459 e. The highest BCUT2D eigenvalue weighted by molar-refractivity contribution is 7.52. The van der Waals surface area contributed by atoms with E-state index in [0.717, 1.165) is 0 Å². The molecule has 0 bridgehead atoms. The Balaban J connectivity index is 1.61. The molecule has 4 rings (SSSR count). The van der Waals surface area contributed by atoms with Gasteiger partial charge in [0.1, 0.15) is 24.0 Å². The number of nitrogen functional groups attached to an aromatic ring is 1. The number of benzene rings is 1. The number of anilines is 2. The molecule has 1 aliphatic heterocycles. The summed E-state index contributed by atoms with van der Waals surface area (Å²) in [4.78, 5) is 26.7. The van der Waals surface area contributed by atoms with E-state index in [0.29, 0.717) is 11.3 Å². The maximum absolute atomic E-state index is 16.2. The number of nitrogens with zero attached hydrogens (tertiary/aromatic N) is 5. The highest BCUT2D eigenvalue weighted by atomic mass is 31.2. The molecule has 0 aliphatic carbocycles. The first kappa shape index (κ1) is 31.1. The number of para-hydroxylation sites is 1. The van der Waals surface area contributed by atoms with E-state index < -0.39 is 56.6 Å². The van der Waals surface area contributed by atoms with Gasteiger partial charge in [-0.15, -0.1) is 6.42 Å². The zero-order chi connectivity index (χ0) is 30.8. The number of aromatic nitrogens is 4. The molecule has 0 spiro atoms. The summed E-state index contributed by atoms with van der Waals surface area (Å²) in [5.41, 5.74) is 3.49. The Morgan fingerprint density at radius 1 is 1.33 bits per heavy atom. The fourth-order valence-electron chi connectivity index (χ4n) is 4.22. The van der Waals surface area contributed by atoms with E-state index in [9.17, 15) is 14.5 Å². The van der Waals surface area contributed by atoms with Gasteiger partial charge >= 0.3 is 13.7 Å². The lowest BCUT2D eigenvalue weighted by Gasteiger charge is -2.25. The van der Waals surface area contributed by atoms with E-state index in [1.165, 1.54) is 30.0 Å². The maximum Gasteiger partial charge on any atom is 0.459 e. The van der Waals surface area contributed by atoms with Crippen LogP contribution in [-0.2, 0) is 23.4 Å². The van der Waals surface area contributed by atoms with Gasteiger partial charge < -0.3 is 29.7 Å².